The molecule has 5 heteroatoms. The van der Waals surface area contributed by atoms with Crippen LogP contribution in [0.5, 0.6) is 0 Å². The molecule has 0 saturated carbocycles. The number of hydrogen-bond acceptors (Lipinski definition) is 3. The second-order valence-corrected chi connectivity index (χ2v) is 6.09. The van der Waals surface area contributed by atoms with Crippen molar-refractivity contribution in [2.75, 3.05) is 33.7 Å². The molecule has 0 aliphatic carbocycles. The van der Waals surface area contributed by atoms with Crippen molar-refractivity contribution in [2.24, 2.45) is 0 Å². The number of benzene rings is 1. The maximum absolute atomic E-state index is 12.4. The fourth-order valence-electron chi connectivity index (χ4n) is 2.54. The van der Waals surface area contributed by atoms with Gasteiger partial charge in [-0.25, -0.2) is 4.79 Å². The first-order valence-corrected chi connectivity index (χ1v) is 8.20. The first-order chi connectivity index (χ1) is 11.0. The highest BCUT2D eigenvalue weighted by atomic mass is 16.3. The Morgan fingerprint density at radius 3 is 2.65 bits per heavy atom. The van der Waals surface area contributed by atoms with E-state index in [1.54, 1.807) is 0 Å². The number of nitrogens with zero attached hydrogens (tertiary/aromatic N) is 2. The van der Waals surface area contributed by atoms with Crippen LogP contribution in [0, 0.1) is 0 Å². The summed E-state index contributed by atoms with van der Waals surface area (Å²) in [5.74, 6) is 0.781. The van der Waals surface area contributed by atoms with Gasteiger partial charge in [0.1, 0.15) is 11.3 Å². The second kappa shape index (κ2) is 8.02. The third-order valence-corrected chi connectivity index (χ3v) is 3.91. The van der Waals surface area contributed by atoms with E-state index < -0.39 is 0 Å². The molecule has 0 spiro atoms. The fourth-order valence-corrected chi connectivity index (χ4v) is 2.54. The summed E-state index contributed by atoms with van der Waals surface area (Å²) in [6.07, 6.45) is 0.966. The number of para-hydroxylation sites is 1. The van der Waals surface area contributed by atoms with Crippen LogP contribution in [0.15, 0.2) is 34.7 Å². The molecule has 0 aliphatic heterocycles. The van der Waals surface area contributed by atoms with E-state index in [9.17, 15) is 4.79 Å². The number of nitrogens with one attached hydrogen (secondary N) is 1. The van der Waals surface area contributed by atoms with E-state index in [0.717, 1.165) is 36.2 Å². The first-order valence-electron chi connectivity index (χ1n) is 8.20. The summed E-state index contributed by atoms with van der Waals surface area (Å²) >= 11 is 0. The van der Waals surface area contributed by atoms with Crippen LogP contribution in [-0.2, 0) is 0 Å². The van der Waals surface area contributed by atoms with Crippen molar-refractivity contribution in [3.8, 4) is 0 Å². The third-order valence-electron chi connectivity index (χ3n) is 3.91. The molecule has 0 fully saturated rings. The Bertz CT molecular complexity index is 603. The molecule has 1 heterocycles. The topological polar surface area (TPSA) is 48.7 Å². The summed E-state index contributed by atoms with van der Waals surface area (Å²) in [7, 11) is 4.08. The van der Waals surface area contributed by atoms with Crippen LogP contribution < -0.4 is 5.32 Å². The minimum Gasteiger partial charge on any atom is -0.459 e. The number of hydrogen-bond donors (Lipinski definition) is 1. The van der Waals surface area contributed by atoms with Gasteiger partial charge >= 0.3 is 6.03 Å². The van der Waals surface area contributed by atoms with Crippen LogP contribution in [0.4, 0.5) is 4.79 Å². The summed E-state index contributed by atoms with van der Waals surface area (Å²) in [6, 6.07) is 9.67. The van der Waals surface area contributed by atoms with Crippen LogP contribution in [0.25, 0.3) is 11.0 Å². The Kier molecular flexibility index (Phi) is 6.04. The van der Waals surface area contributed by atoms with E-state index in [1.807, 2.05) is 63.2 Å². The van der Waals surface area contributed by atoms with Crippen molar-refractivity contribution in [1.82, 2.24) is 15.1 Å². The lowest BCUT2D eigenvalue weighted by Crippen LogP contribution is -2.41. The number of urea groups is 1. The minimum atomic E-state index is -0.155. The van der Waals surface area contributed by atoms with Crippen LogP contribution in [-0.4, -0.2) is 49.6 Å². The lowest BCUT2D eigenvalue weighted by atomic mass is 10.2. The molecule has 0 radical (unpaired) electrons. The van der Waals surface area contributed by atoms with Gasteiger partial charge in [-0.05, 0) is 53.0 Å². The first kappa shape index (κ1) is 17.3. The van der Waals surface area contributed by atoms with Gasteiger partial charge in [0.2, 0.25) is 0 Å². The summed E-state index contributed by atoms with van der Waals surface area (Å²) in [5.41, 5.74) is 0.849. The average molecular weight is 317 g/mol. The second-order valence-electron chi connectivity index (χ2n) is 6.09. The third kappa shape index (κ3) is 4.73. The zero-order valence-electron chi connectivity index (χ0n) is 14.5. The minimum absolute atomic E-state index is 0.0424. The SMILES string of the molecule is CCN(CCCN(C)C)C(=O)N[C@@H](C)c1cc2ccccc2o1. The molecule has 0 unspecified atom stereocenters. The summed E-state index contributed by atoms with van der Waals surface area (Å²) in [5, 5.41) is 4.08. The van der Waals surface area contributed by atoms with Crippen molar-refractivity contribution >= 4 is 17.0 Å². The van der Waals surface area contributed by atoms with Gasteiger partial charge < -0.3 is 19.5 Å². The number of carbonyl (C=O) groups is 1. The molecule has 2 aromatic rings. The van der Waals surface area contributed by atoms with Crippen molar-refractivity contribution in [1.29, 1.82) is 0 Å². The molecule has 2 rings (SSSR count). The monoisotopic (exact) mass is 317 g/mol. The Morgan fingerprint density at radius 1 is 1.26 bits per heavy atom. The van der Waals surface area contributed by atoms with Gasteiger partial charge in [0.05, 0.1) is 6.04 Å². The molecule has 23 heavy (non-hydrogen) atoms. The Hall–Kier alpha value is -2.01. The lowest BCUT2D eigenvalue weighted by molar-refractivity contribution is 0.193. The van der Waals surface area contributed by atoms with Gasteiger partial charge in [0.25, 0.3) is 0 Å². The fraction of sp³-hybridized carbons (Fsp3) is 0.500. The molecular weight excluding hydrogens is 290 g/mol. The standard InChI is InChI=1S/C18H27N3O2/c1-5-21(12-8-11-20(3)4)18(22)19-14(2)17-13-15-9-6-7-10-16(15)23-17/h6-7,9-10,13-14H,5,8,11-12H2,1-4H3,(H,19,22)/t14-/m0/s1. The maximum atomic E-state index is 12.4. The number of rotatable bonds is 7. The zero-order chi connectivity index (χ0) is 16.8. The van der Waals surface area contributed by atoms with Gasteiger partial charge in [-0.15, -0.1) is 0 Å². The summed E-state index contributed by atoms with van der Waals surface area (Å²) in [4.78, 5) is 16.4. The highest BCUT2D eigenvalue weighted by molar-refractivity contribution is 5.78. The molecule has 2 amide bonds. The number of furan rings is 1. The van der Waals surface area contributed by atoms with Gasteiger partial charge in [-0.2, -0.15) is 0 Å². The van der Waals surface area contributed by atoms with Crippen molar-refractivity contribution in [2.45, 2.75) is 26.3 Å². The smallest absolute Gasteiger partial charge is 0.317 e. The van der Waals surface area contributed by atoms with Crippen LogP contribution >= 0.6 is 0 Å². The highest BCUT2D eigenvalue weighted by Gasteiger charge is 2.17. The predicted octanol–water partition coefficient (Wildman–Crippen LogP) is 3.48. The normalized spacial score (nSPS) is 12.6. The number of carbonyl (C=O) groups excluding carboxylic acids is 1. The molecule has 126 valence electrons. The largest absolute Gasteiger partial charge is 0.459 e. The van der Waals surface area contributed by atoms with Crippen molar-refractivity contribution < 1.29 is 9.21 Å². The predicted molar refractivity (Wildman–Crippen MR) is 93.6 cm³/mol. The van der Waals surface area contributed by atoms with Crippen molar-refractivity contribution in [3.63, 3.8) is 0 Å². The van der Waals surface area contributed by atoms with Crippen molar-refractivity contribution in [3.05, 3.63) is 36.1 Å². The molecule has 0 aliphatic rings. The maximum Gasteiger partial charge on any atom is 0.317 e. The van der Waals surface area contributed by atoms with Crippen LogP contribution in [0.1, 0.15) is 32.1 Å². The highest BCUT2D eigenvalue weighted by Crippen LogP contribution is 2.23. The van der Waals surface area contributed by atoms with E-state index in [0.29, 0.717) is 6.54 Å². The van der Waals surface area contributed by atoms with Gasteiger partial charge in [0, 0.05) is 18.5 Å². The van der Waals surface area contributed by atoms with Gasteiger partial charge in [-0.3, -0.25) is 0 Å². The van der Waals surface area contributed by atoms with E-state index in [-0.39, 0.29) is 12.1 Å². The Labute approximate surface area is 138 Å². The molecule has 1 aromatic heterocycles. The molecule has 0 saturated heterocycles. The molecule has 5 nitrogen and oxygen atoms in total. The summed E-state index contributed by atoms with van der Waals surface area (Å²) in [6.45, 7) is 6.38. The number of fused-ring (bicyclic) bond motifs is 1. The van der Waals surface area contributed by atoms with Gasteiger partial charge in [-0.1, -0.05) is 18.2 Å². The quantitative estimate of drug-likeness (QED) is 0.850. The average Bonchev–Trinajstić information content (AvgIpc) is 2.95. The molecule has 1 N–H and O–H groups in total. The van der Waals surface area contributed by atoms with Crippen LogP contribution in [0.3, 0.4) is 0 Å². The van der Waals surface area contributed by atoms with E-state index in [4.69, 9.17) is 4.42 Å². The molecule has 0 bridgehead atoms. The Morgan fingerprint density at radius 2 is 2.00 bits per heavy atom. The Balaban J connectivity index is 1.94. The van der Waals surface area contributed by atoms with E-state index >= 15 is 0 Å². The van der Waals surface area contributed by atoms with Gasteiger partial charge in [0.15, 0.2) is 0 Å². The van der Waals surface area contributed by atoms with Crippen LogP contribution in [0.2, 0.25) is 0 Å². The lowest BCUT2D eigenvalue weighted by Gasteiger charge is -2.24. The zero-order valence-corrected chi connectivity index (χ0v) is 14.5. The number of amides is 2. The molecular formula is C18H27N3O2. The van der Waals surface area contributed by atoms with E-state index in [2.05, 4.69) is 10.2 Å². The molecule has 1 atom stereocenters. The molecule has 1 aromatic carbocycles. The van der Waals surface area contributed by atoms with E-state index in [1.165, 1.54) is 0 Å². The summed E-state index contributed by atoms with van der Waals surface area (Å²) < 4.78 is 5.82.